The van der Waals surface area contributed by atoms with Crippen molar-refractivity contribution in [3.05, 3.63) is 12.2 Å². The summed E-state index contributed by atoms with van der Waals surface area (Å²) in [5, 5.41) is 0. The van der Waals surface area contributed by atoms with Crippen molar-refractivity contribution in [2.24, 2.45) is 29.6 Å². The normalized spacial score (nSPS) is 32.3. The molecular weight excluding hydrogens is 354 g/mol. The zero-order valence-electron chi connectivity index (χ0n) is 17.6. The first kappa shape index (κ1) is 22.0. The van der Waals surface area contributed by atoms with E-state index in [1.54, 1.807) is 0 Å². The fourth-order valence-electron chi connectivity index (χ4n) is 6.25. The Bertz CT molecular complexity index is 485. The van der Waals surface area contributed by atoms with Crippen LogP contribution in [0, 0.1) is 29.6 Å². The van der Waals surface area contributed by atoms with Gasteiger partial charge in [0.1, 0.15) is 5.78 Å². The number of unbranched alkanes of at least 4 members (excludes halogenated alkanes) is 1. The van der Waals surface area contributed by atoms with Crippen LogP contribution in [0.4, 0.5) is 8.78 Å². The summed E-state index contributed by atoms with van der Waals surface area (Å²) in [6, 6.07) is 0. The first-order valence-electron chi connectivity index (χ1n) is 12.1. The van der Waals surface area contributed by atoms with E-state index in [0.717, 1.165) is 68.3 Å². The van der Waals surface area contributed by atoms with Crippen molar-refractivity contribution in [2.45, 2.75) is 109 Å². The van der Waals surface area contributed by atoms with E-state index in [4.69, 9.17) is 0 Å². The predicted molar refractivity (Wildman–Crippen MR) is 111 cm³/mol. The summed E-state index contributed by atoms with van der Waals surface area (Å²) < 4.78 is 24.5. The maximum absolute atomic E-state index is 12.3. The average Bonchev–Trinajstić information content (AvgIpc) is 2.72. The molecule has 3 heteroatoms. The van der Waals surface area contributed by atoms with Crippen molar-refractivity contribution >= 4 is 5.78 Å². The number of hydrogen-bond acceptors (Lipinski definition) is 1. The highest BCUT2D eigenvalue weighted by Crippen LogP contribution is 2.43. The molecule has 3 saturated carbocycles. The van der Waals surface area contributed by atoms with Crippen LogP contribution in [0.15, 0.2) is 12.2 Å². The van der Waals surface area contributed by atoms with Crippen LogP contribution in [0.5, 0.6) is 0 Å². The van der Waals surface area contributed by atoms with Gasteiger partial charge in [-0.25, -0.2) is 0 Å². The summed E-state index contributed by atoms with van der Waals surface area (Å²) in [6.07, 6.45) is 20.1. The Morgan fingerprint density at radius 2 is 1.18 bits per heavy atom. The largest absolute Gasteiger partial charge is 0.300 e. The lowest BCUT2D eigenvalue weighted by molar-refractivity contribution is -0.121. The fraction of sp³-hybridized carbons (Fsp3) is 0.880. The van der Waals surface area contributed by atoms with Gasteiger partial charge in [-0.15, -0.1) is 0 Å². The standard InChI is InChI=1S/C25H40F2O/c26-25(27)18-11-21-7-14-23(15-8-21)22-12-5-19(6-13-22)3-1-2-4-20-9-16-24(28)17-10-20/h18-23H,1-17H2. The molecule has 0 radical (unpaired) electrons. The minimum absolute atomic E-state index is 0.479. The molecule has 28 heavy (non-hydrogen) atoms. The predicted octanol–water partition coefficient (Wildman–Crippen LogP) is 8.09. The molecule has 0 atom stereocenters. The van der Waals surface area contributed by atoms with Crippen LogP contribution in [-0.2, 0) is 4.79 Å². The van der Waals surface area contributed by atoms with Crippen LogP contribution < -0.4 is 0 Å². The molecule has 0 saturated heterocycles. The van der Waals surface area contributed by atoms with Gasteiger partial charge in [-0.1, -0.05) is 38.5 Å². The van der Waals surface area contributed by atoms with E-state index in [0.29, 0.717) is 18.1 Å². The quantitative estimate of drug-likeness (QED) is 0.380. The number of carbonyl (C=O) groups excluding carboxylic acids is 1. The molecule has 0 bridgehead atoms. The van der Waals surface area contributed by atoms with Crippen LogP contribution in [-0.4, -0.2) is 5.78 Å². The molecule has 160 valence electrons. The van der Waals surface area contributed by atoms with E-state index in [2.05, 4.69) is 0 Å². The van der Waals surface area contributed by atoms with Gasteiger partial charge in [-0.05, 0) is 93.5 Å². The maximum Gasteiger partial charge on any atom is 0.266 e. The minimum atomic E-state index is -1.51. The van der Waals surface area contributed by atoms with E-state index < -0.39 is 6.08 Å². The molecule has 0 aromatic carbocycles. The van der Waals surface area contributed by atoms with Crippen molar-refractivity contribution in [3.8, 4) is 0 Å². The van der Waals surface area contributed by atoms with Crippen LogP contribution in [0.3, 0.4) is 0 Å². The lowest BCUT2D eigenvalue weighted by Gasteiger charge is -2.37. The highest BCUT2D eigenvalue weighted by atomic mass is 19.3. The number of hydrogen-bond donors (Lipinski definition) is 0. The zero-order valence-corrected chi connectivity index (χ0v) is 17.6. The van der Waals surface area contributed by atoms with Gasteiger partial charge in [0, 0.05) is 12.8 Å². The van der Waals surface area contributed by atoms with E-state index in [9.17, 15) is 13.6 Å². The molecule has 1 nitrogen and oxygen atoms in total. The average molecular weight is 395 g/mol. The Labute approximate surface area is 170 Å². The number of allylic oxidation sites excluding steroid dienone is 1. The lowest BCUT2D eigenvalue weighted by atomic mass is 9.68. The molecule has 0 amide bonds. The Balaban J connectivity index is 1.24. The summed E-state index contributed by atoms with van der Waals surface area (Å²) in [5.74, 6) is 4.51. The molecule has 0 unspecified atom stereocenters. The third-order valence-corrected chi connectivity index (χ3v) is 8.19. The second kappa shape index (κ2) is 11.5. The number of Topliss-reactive ketones (excluding diaryl/α,β-unsaturated/α-hetero) is 1. The maximum atomic E-state index is 12.3. The van der Waals surface area contributed by atoms with Gasteiger partial charge in [-0.2, -0.15) is 8.78 Å². The van der Waals surface area contributed by atoms with Crippen LogP contribution in [0.1, 0.15) is 109 Å². The molecule has 0 aromatic heterocycles. The minimum Gasteiger partial charge on any atom is -0.300 e. The molecule has 0 N–H and O–H groups in total. The number of rotatable bonds is 8. The van der Waals surface area contributed by atoms with Gasteiger partial charge in [0.15, 0.2) is 0 Å². The smallest absolute Gasteiger partial charge is 0.266 e. The third-order valence-electron chi connectivity index (χ3n) is 8.19. The monoisotopic (exact) mass is 394 g/mol. The SMILES string of the molecule is O=C1CCC(CCCCC2CCC(C3CCC(CC=C(F)F)CC3)CC2)CC1. The van der Waals surface area contributed by atoms with Crippen molar-refractivity contribution in [1.29, 1.82) is 0 Å². The summed E-state index contributed by atoms with van der Waals surface area (Å²) in [5.41, 5.74) is 0. The zero-order chi connectivity index (χ0) is 19.8. The highest BCUT2D eigenvalue weighted by Gasteiger charge is 2.30. The number of carbonyl (C=O) groups is 1. The van der Waals surface area contributed by atoms with Gasteiger partial charge in [-0.3, -0.25) is 4.79 Å². The van der Waals surface area contributed by atoms with Gasteiger partial charge >= 0.3 is 0 Å². The Kier molecular flexibility index (Phi) is 8.99. The molecule has 0 heterocycles. The Morgan fingerprint density at radius 3 is 1.68 bits per heavy atom. The van der Waals surface area contributed by atoms with Gasteiger partial charge in [0.25, 0.3) is 6.08 Å². The summed E-state index contributed by atoms with van der Waals surface area (Å²) >= 11 is 0. The number of halogens is 2. The van der Waals surface area contributed by atoms with E-state index >= 15 is 0 Å². The van der Waals surface area contributed by atoms with Crippen LogP contribution >= 0.6 is 0 Å². The topological polar surface area (TPSA) is 17.1 Å². The second-order valence-corrected chi connectivity index (χ2v) is 10.1. The first-order chi connectivity index (χ1) is 13.6. The third kappa shape index (κ3) is 7.26. The lowest BCUT2D eigenvalue weighted by Crippen LogP contribution is -2.25. The molecule has 3 aliphatic rings. The Hall–Kier alpha value is -0.730. The van der Waals surface area contributed by atoms with Crippen molar-refractivity contribution in [3.63, 3.8) is 0 Å². The second-order valence-electron chi connectivity index (χ2n) is 10.1. The van der Waals surface area contributed by atoms with E-state index in [1.165, 1.54) is 64.2 Å². The Morgan fingerprint density at radius 1 is 0.714 bits per heavy atom. The molecule has 0 spiro atoms. The molecule has 3 rings (SSSR count). The highest BCUT2D eigenvalue weighted by molar-refractivity contribution is 5.78. The van der Waals surface area contributed by atoms with Gasteiger partial charge in [0.2, 0.25) is 0 Å². The molecule has 0 aliphatic heterocycles. The summed E-state index contributed by atoms with van der Waals surface area (Å²) in [6.45, 7) is 0. The van der Waals surface area contributed by atoms with E-state index in [-0.39, 0.29) is 0 Å². The van der Waals surface area contributed by atoms with Crippen LogP contribution in [0.25, 0.3) is 0 Å². The van der Waals surface area contributed by atoms with Gasteiger partial charge in [0.05, 0.1) is 0 Å². The van der Waals surface area contributed by atoms with Crippen molar-refractivity contribution in [2.75, 3.05) is 0 Å². The number of ketones is 1. The van der Waals surface area contributed by atoms with E-state index in [1.807, 2.05) is 0 Å². The first-order valence-corrected chi connectivity index (χ1v) is 12.1. The molecule has 3 aliphatic carbocycles. The summed E-state index contributed by atoms with van der Waals surface area (Å²) in [7, 11) is 0. The summed E-state index contributed by atoms with van der Waals surface area (Å²) in [4.78, 5) is 11.3. The van der Waals surface area contributed by atoms with Crippen molar-refractivity contribution in [1.82, 2.24) is 0 Å². The van der Waals surface area contributed by atoms with Crippen LogP contribution in [0.2, 0.25) is 0 Å². The molecule has 0 aromatic rings. The molecular formula is C25H40F2O. The van der Waals surface area contributed by atoms with Gasteiger partial charge < -0.3 is 0 Å². The molecule has 3 fully saturated rings. The fourth-order valence-corrected chi connectivity index (χ4v) is 6.25. The van der Waals surface area contributed by atoms with Crippen molar-refractivity contribution < 1.29 is 13.6 Å².